The van der Waals surface area contributed by atoms with Crippen LogP contribution in [0.4, 0.5) is 5.69 Å². The van der Waals surface area contributed by atoms with Gasteiger partial charge < -0.3 is 9.80 Å². The van der Waals surface area contributed by atoms with E-state index in [0.29, 0.717) is 42.2 Å². The minimum Gasteiger partial charge on any atom is -0.368 e. The minimum absolute atomic E-state index is 0.0314. The number of anilines is 1. The van der Waals surface area contributed by atoms with E-state index in [1.807, 2.05) is 24.3 Å². The fraction of sp³-hybridized carbons (Fsp3) is 0.316. The van der Waals surface area contributed by atoms with Crippen LogP contribution in [-0.2, 0) is 14.8 Å². The zero-order valence-electron chi connectivity index (χ0n) is 16.0. The molecule has 1 aliphatic rings. The number of carbonyl (C=O) groups excluding carboxylic acids is 1. The summed E-state index contributed by atoms with van der Waals surface area (Å²) in [4.78, 5) is 16.5. The highest BCUT2D eigenvalue weighted by atomic mass is 35.5. The van der Waals surface area contributed by atoms with Gasteiger partial charge in [-0.2, -0.15) is 8.75 Å². The van der Waals surface area contributed by atoms with Crippen molar-refractivity contribution in [1.82, 2.24) is 18.4 Å². The van der Waals surface area contributed by atoms with E-state index in [0.717, 1.165) is 17.4 Å². The van der Waals surface area contributed by atoms with Crippen LogP contribution in [0, 0.1) is 0 Å². The topological polar surface area (TPSA) is 95.5 Å². The third kappa shape index (κ3) is 4.56. The average Bonchev–Trinajstić information content (AvgIpc) is 3.22. The number of piperazine rings is 1. The predicted octanol–water partition coefficient (Wildman–Crippen LogP) is 2.36. The fourth-order valence-corrected chi connectivity index (χ4v) is 5.39. The normalized spacial score (nSPS) is 15.0. The molecule has 2 aromatic carbocycles. The van der Waals surface area contributed by atoms with Gasteiger partial charge in [-0.05, 0) is 30.3 Å². The van der Waals surface area contributed by atoms with Gasteiger partial charge in [-0.1, -0.05) is 23.7 Å². The maximum atomic E-state index is 12.6. The van der Waals surface area contributed by atoms with Crippen molar-refractivity contribution < 1.29 is 13.2 Å². The van der Waals surface area contributed by atoms with Crippen LogP contribution in [0.1, 0.15) is 6.42 Å². The number of hydrogen-bond donors (Lipinski definition) is 1. The summed E-state index contributed by atoms with van der Waals surface area (Å²) < 4.78 is 35.9. The quantitative estimate of drug-likeness (QED) is 0.600. The average molecular weight is 466 g/mol. The molecule has 0 spiro atoms. The molecule has 1 amide bonds. The summed E-state index contributed by atoms with van der Waals surface area (Å²) in [7, 11) is -3.77. The smallest absolute Gasteiger partial charge is 0.242 e. The monoisotopic (exact) mass is 465 g/mol. The Hall–Kier alpha value is -2.27. The van der Waals surface area contributed by atoms with Gasteiger partial charge in [-0.25, -0.2) is 13.1 Å². The van der Waals surface area contributed by atoms with Crippen LogP contribution < -0.4 is 9.62 Å². The molecule has 1 aliphatic heterocycles. The zero-order valence-corrected chi connectivity index (χ0v) is 18.4. The molecule has 0 bridgehead atoms. The number of fused-ring (bicyclic) bond motifs is 1. The molecule has 2 heterocycles. The van der Waals surface area contributed by atoms with Gasteiger partial charge >= 0.3 is 0 Å². The van der Waals surface area contributed by atoms with Gasteiger partial charge in [0.1, 0.15) is 15.9 Å². The molecule has 0 unspecified atom stereocenters. The van der Waals surface area contributed by atoms with Crippen molar-refractivity contribution in [1.29, 1.82) is 0 Å². The van der Waals surface area contributed by atoms with Crippen LogP contribution >= 0.6 is 23.3 Å². The summed E-state index contributed by atoms with van der Waals surface area (Å²) in [6.07, 6.45) is 0.0989. The number of rotatable bonds is 6. The number of amides is 1. The second-order valence-electron chi connectivity index (χ2n) is 6.88. The first-order valence-electron chi connectivity index (χ1n) is 9.43. The van der Waals surface area contributed by atoms with Crippen molar-refractivity contribution in [2.75, 3.05) is 37.6 Å². The molecule has 1 fully saturated rings. The third-order valence-corrected chi connectivity index (χ3v) is 7.25. The Morgan fingerprint density at radius 1 is 1.10 bits per heavy atom. The second kappa shape index (κ2) is 8.84. The Labute approximate surface area is 183 Å². The van der Waals surface area contributed by atoms with Crippen LogP contribution in [0.15, 0.2) is 47.4 Å². The number of nitrogens with zero attached hydrogens (tertiary/aromatic N) is 4. The Morgan fingerprint density at radius 3 is 2.63 bits per heavy atom. The van der Waals surface area contributed by atoms with Crippen molar-refractivity contribution in [2.24, 2.45) is 0 Å². The molecule has 0 saturated carbocycles. The van der Waals surface area contributed by atoms with Crippen molar-refractivity contribution >= 4 is 56.0 Å². The number of hydrogen-bond acceptors (Lipinski definition) is 7. The van der Waals surface area contributed by atoms with Gasteiger partial charge in [0.15, 0.2) is 0 Å². The Balaban J connectivity index is 1.30. The summed E-state index contributed by atoms with van der Waals surface area (Å²) in [6, 6.07) is 12.5. The molecule has 4 rings (SSSR count). The number of aromatic nitrogens is 2. The molecular formula is C19H20ClN5O3S2. The maximum Gasteiger partial charge on any atom is 0.242 e. The van der Waals surface area contributed by atoms with E-state index in [-0.39, 0.29) is 23.8 Å². The van der Waals surface area contributed by atoms with Gasteiger partial charge in [0, 0.05) is 49.9 Å². The van der Waals surface area contributed by atoms with Crippen LogP contribution in [0.5, 0.6) is 0 Å². The van der Waals surface area contributed by atoms with Crippen LogP contribution in [0.3, 0.4) is 0 Å². The van der Waals surface area contributed by atoms with Gasteiger partial charge in [-0.3, -0.25) is 4.79 Å². The van der Waals surface area contributed by atoms with Crippen molar-refractivity contribution in [3.8, 4) is 0 Å². The van der Waals surface area contributed by atoms with E-state index in [2.05, 4.69) is 18.4 Å². The molecule has 11 heteroatoms. The first kappa shape index (κ1) is 21.0. The standard InChI is InChI=1S/C19H20ClN5O3S2/c20-14-3-1-4-15(13-14)24-9-11-25(12-10-24)18(26)7-8-21-30(27,28)17-6-2-5-16-19(17)23-29-22-16/h1-6,13,21H,7-12H2. The van der Waals surface area contributed by atoms with Gasteiger partial charge in [0.2, 0.25) is 15.9 Å². The number of nitrogens with one attached hydrogen (secondary N) is 1. The summed E-state index contributed by atoms with van der Waals surface area (Å²) in [5.74, 6) is -0.0722. The molecule has 0 radical (unpaired) electrons. The van der Waals surface area contributed by atoms with Gasteiger partial charge in [0.25, 0.3) is 0 Å². The lowest BCUT2D eigenvalue weighted by Gasteiger charge is -2.36. The van der Waals surface area contributed by atoms with Crippen LogP contribution in [0.25, 0.3) is 11.0 Å². The van der Waals surface area contributed by atoms with Crippen molar-refractivity contribution in [2.45, 2.75) is 11.3 Å². The summed E-state index contributed by atoms with van der Waals surface area (Å²) >= 11 is 7.02. The lowest BCUT2D eigenvalue weighted by Crippen LogP contribution is -2.49. The Kier molecular flexibility index (Phi) is 6.19. The first-order chi connectivity index (χ1) is 14.4. The van der Waals surface area contributed by atoms with Gasteiger partial charge in [0.05, 0.1) is 11.7 Å². The second-order valence-corrected chi connectivity index (χ2v) is 9.58. The van der Waals surface area contributed by atoms with E-state index < -0.39 is 10.0 Å². The number of carbonyl (C=O) groups is 1. The highest BCUT2D eigenvalue weighted by Crippen LogP contribution is 2.22. The molecule has 30 heavy (non-hydrogen) atoms. The molecule has 1 N–H and O–H groups in total. The summed E-state index contributed by atoms with van der Waals surface area (Å²) in [5.41, 5.74) is 1.92. The Morgan fingerprint density at radius 2 is 1.87 bits per heavy atom. The molecule has 3 aromatic rings. The molecule has 8 nitrogen and oxygen atoms in total. The first-order valence-corrected chi connectivity index (χ1v) is 12.0. The minimum atomic E-state index is -3.77. The largest absolute Gasteiger partial charge is 0.368 e. The number of benzene rings is 2. The lowest BCUT2D eigenvalue weighted by atomic mass is 10.2. The highest BCUT2D eigenvalue weighted by molar-refractivity contribution is 7.89. The van der Waals surface area contributed by atoms with Crippen molar-refractivity contribution in [3.05, 3.63) is 47.5 Å². The summed E-state index contributed by atoms with van der Waals surface area (Å²) in [5, 5.41) is 0.683. The molecule has 1 saturated heterocycles. The van der Waals surface area contributed by atoms with E-state index >= 15 is 0 Å². The van der Waals surface area contributed by atoms with Crippen LogP contribution in [-0.4, -0.2) is 60.7 Å². The third-order valence-electron chi connectivity index (χ3n) is 4.98. The maximum absolute atomic E-state index is 12.6. The van der Waals surface area contributed by atoms with E-state index in [1.165, 1.54) is 6.07 Å². The van der Waals surface area contributed by atoms with E-state index in [9.17, 15) is 13.2 Å². The molecular weight excluding hydrogens is 446 g/mol. The SMILES string of the molecule is O=C(CCNS(=O)(=O)c1cccc2nsnc12)N1CCN(c2cccc(Cl)c2)CC1. The number of halogens is 1. The number of sulfonamides is 1. The lowest BCUT2D eigenvalue weighted by molar-refractivity contribution is -0.131. The predicted molar refractivity (Wildman–Crippen MR) is 117 cm³/mol. The van der Waals surface area contributed by atoms with Crippen molar-refractivity contribution in [3.63, 3.8) is 0 Å². The van der Waals surface area contributed by atoms with E-state index in [4.69, 9.17) is 11.6 Å². The molecule has 0 atom stereocenters. The molecule has 1 aromatic heterocycles. The van der Waals surface area contributed by atoms with E-state index in [1.54, 1.807) is 17.0 Å². The summed E-state index contributed by atoms with van der Waals surface area (Å²) in [6.45, 7) is 2.61. The fourth-order valence-electron chi connectivity index (χ4n) is 3.41. The molecule has 158 valence electrons. The zero-order chi connectivity index (χ0) is 21.1. The van der Waals surface area contributed by atoms with Gasteiger partial charge in [-0.15, -0.1) is 0 Å². The highest BCUT2D eigenvalue weighted by Gasteiger charge is 2.23. The Bertz CT molecular complexity index is 1160. The molecule has 0 aliphatic carbocycles. The van der Waals surface area contributed by atoms with Crippen LogP contribution in [0.2, 0.25) is 5.02 Å².